The van der Waals surface area contributed by atoms with Crippen molar-refractivity contribution < 1.29 is 19.6 Å². The first kappa shape index (κ1) is 24.5. The molecule has 0 radical (unpaired) electrons. The minimum atomic E-state index is -0.988. The van der Waals surface area contributed by atoms with E-state index in [1.54, 1.807) is 31.7 Å². The summed E-state index contributed by atoms with van der Waals surface area (Å²) in [4.78, 5) is 49.4. The zero-order chi connectivity index (χ0) is 27.3. The van der Waals surface area contributed by atoms with Crippen LogP contribution in [0.1, 0.15) is 33.4 Å². The predicted octanol–water partition coefficient (Wildman–Crippen LogP) is 4.63. The molecule has 11 nitrogen and oxygen atoms in total. The van der Waals surface area contributed by atoms with Crippen LogP contribution in [0.3, 0.4) is 0 Å². The number of ketones is 1. The summed E-state index contributed by atoms with van der Waals surface area (Å²) in [5.41, 5.74) is 2.38. The highest BCUT2D eigenvalue weighted by atomic mass is 32.1. The molecule has 3 aromatic heterocycles. The van der Waals surface area contributed by atoms with Gasteiger partial charge in [0.1, 0.15) is 0 Å². The van der Waals surface area contributed by atoms with Gasteiger partial charge in [0.05, 0.1) is 38.8 Å². The molecule has 0 saturated heterocycles. The Hall–Kier alpha value is -4.84. The molecule has 12 heteroatoms. The van der Waals surface area contributed by atoms with Gasteiger partial charge in [-0.1, -0.05) is 35.6 Å². The van der Waals surface area contributed by atoms with Crippen molar-refractivity contribution >= 4 is 44.7 Å². The SMILES string of the molecule is Cc1c(C(=O)C2=C(O)C(=O)N(CCCn3ccnc3)C2c2cccc([N+](=O)[O-])c2)sc2nc3ccccc3n12. The van der Waals surface area contributed by atoms with Crippen LogP contribution in [-0.4, -0.2) is 52.1 Å². The van der Waals surface area contributed by atoms with E-state index in [9.17, 15) is 24.8 Å². The van der Waals surface area contributed by atoms with Crippen LogP contribution in [0.15, 0.2) is 78.6 Å². The van der Waals surface area contributed by atoms with Gasteiger partial charge in [0, 0.05) is 43.3 Å². The molecule has 6 rings (SSSR count). The van der Waals surface area contributed by atoms with Gasteiger partial charge in [-0.25, -0.2) is 9.97 Å². The molecule has 2 aromatic carbocycles. The number of aliphatic hydroxyl groups is 1. The molecule has 0 fully saturated rings. The van der Waals surface area contributed by atoms with E-state index in [-0.39, 0.29) is 17.8 Å². The number of thiazole rings is 1. The van der Waals surface area contributed by atoms with Crippen molar-refractivity contribution in [1.82, 2.24) is 23.8 Å². The molecular weight excluding hydrogens is 520 g/mol. The lowest BCUT2D eigenvalue weighted by Crippen LogP contribution is -2.32. The second-order valence-corrected chi connectivity index (χ2v) is 10.2. The van der Waals surface area contributed by atoms with Crippen molar-refractivity contribution in [2.24, 2.45) is 0 Å². The topological polar surface area (TPSA) is 136 Å². The summed E-state index contributed by atoms with van der Waals surface area (Å²) < 4.78 is 3.74. The van der Waals surface area contributed by atoms with Crippen LogP contribution in [0.2, 0.25) is 0 Å². The molecule has 1 atom stereocenters. The zero-order valence-electron chi connectivity index (χ0n) is 20.7. The molecule has 0 bridgehead atoms. The third-order valence-corrected chi connectivity index (χ3v) is 8.05. The molecule has 1 aliphatic rings. The van der Waals surface area contributed by atoms with Gasteiger partial charge in [0.25, 0.3) is 11.6 Å². The number of nitro benzene ring substituents is 1. The lowest BCUT2D eigenvalue weighted by molar-refractivity contribution is -0.384. The van der Waals surface area contributed by atoms with Crippen LogP contribution in [-0.2, 0) is 11.3 Å². The number of Topliss-reactive ketones (excluding diaryl/α,β-unsaturated/α-hetero) is 1. The number of nitro groups is 1. The van der Waals surface area contributed by atoms with Gasteiger partial charge in [-0.3, -0.25) is 24.1 Å². The summed E-state index contributed by atoms with van der Waals surface area (Å²) in [5.74, 6) is -1.84. The Labute approximate surface area is 225 Å². The fourth-order valence-corrected chi connectivity index (χ4v) is 6.20. The number of amides is 1. The quantitative estimate of drug-likeness (QED) is 0.171. The number of nitrogens with zero attached hydrogens (tertiary/aromatic N) is 6. The van der Waals surface area contributed by atoms with Crippen LogP contribution < -0.4 is 0 Å². The Morgan fingerprint density at radius 1 is 1.18 bits per heavy atom. The number of carbonyl (C=O) groups is 2. The Bertz CT molecular complexity index is 1800. The first-order valence-corrected chi connectivity index (χ1v) is 13.0. The summed E-state index contributed by atoms with van der Waals surface area (Å²) in [6.45, 7) is 2.57. The van der Waals surface area contributed by atoms with Gasteiger partial charge in [0.2, 0.25) is 5.78 Å². The van der Waals surface area contributed by atoms with E-state index in [1.165, 1.54) is 34.4 Å². The number of aryl methyl sites for hydroxylation is 2. The largest absolute Gasteiger partial charge is 0.503 e. The number of aromatic nitrogens is 4. The molecule has 196 valence electrons. The van der Waals surface area contributed by atoms with Gasteiger partial charge in [-0.15, -0.1) is 0 Å². The van der Waals surface area contributed by atoms with Gasteiger partial charge in [-0.2, -0.15) is 0 Å². The summed E-state index contributed by atoms with van der Waals surface area (Å²) in [6.07, 6.45) is 5.63. The maximum Gasteiger partial charge on any atom is 0.290 e. The van der Waals surface area contributed by atoms with Crippen LogP contribution >= 0.6 is 11.3 Å². The Kier molecular flexibility index (Phi) is 5.95. The number of non-ortho nitro benzene ring substituents is 1. The molecule has 0 spiro atoms. The molecule has 39 heavy (non-hydrogen) atoms. The predicted molar refractivity (Wildman–Crippen MR) is 144 cm³/mol. The maximum absolute atomic E-state index is 14.1. The van der Waals surface area contributed by atoms with Crippen molar-refractivity contribution in [3.63, 3.8) is 0 Å². The Morgan fingerprint density at radius 3 is 2.77 bits per heavy atom. The highest BCUT2D eigenvalue weighted by Gasteiger charge is 2.44. The normalized spacial score (nSPS) is 15.7. The highest BCUT2D eigenvalue weighted by molar-refractivity contribution is 7.19. The van der Waals surface area contributed by atoms with E-state index < -0.39 is 28.4 Å². The van der Waals surface area contributed by atoms with Gasteiger partial charge >= 0.3 is 0 Å². The van der Waals surface area contributed by atoms with Crippen molar-refractivity contribution in [3.8, 4) is 0 Å². The van der Waals surface area contributed by atoms with E-state index >= 15 is 0 Å². The molecule has 1 unspecified atom stereocenters. The number of rotatable bonds is 8. The van der Waals surface area contributed by atoms with Crippen LogP contribution in [0.4, 0.5) is 5.69 Å². The fraction of sp³-hybridized carbons (Fsp3) is 0.185. The minimum absolute atomic E-state index is 0.0972. The molecule has 1 amide bonds. The number of carbonyl (C=O) groups excluding carboxylic acids is 2. The van der Waals surface area contributed by atoms with Gasteiger partial charge in [-0.05, 0) is 31.0 Å². The van der Waals surface area contributed by atoms with Crippen LogP contribution in [0.5, 0.6) is 0 Å². The summed E-state index contributed by atoms with van der Waals surface area (Å²) in [6, 6.07) is 12.4. The van der Waals surface area contributed by atoms with E-state index in [1.807, 2.05) is 33.2 Å². The standard InChI is InChI=1S/C27H22N6O5S/c1-16-25(39-27-29-19-8-2-3-9-20(19)32(16)27)23(34)21-22(17-6-4-7-18(14-17)33(37)38)31(26(36)24(21)35)12-5-11-30-13-10-28-15-30/h2-4,6-10,13-15,22,35H,5,11-12H2,1H3. The monoisotopic (exact) mass is 542 g/mol. The lowest BCUT2D eigenvalue weighted by Gasteiger charge is -2.26. The molecule has 5 aromatic rings. The van der Waals surface area contributed by atoms with E-state index in [2.05, 4.69) is 9.97 Å². The van der Waals surface area contributed by atoms with Crippen molar-refractivity contribution in [2.45, 2.75) is 25.9 Å². The fourth-order valence-electron chi connectivity index (χ4n) is 5.11. The van der Waals surface area contributed by atoms with Crippen LogP contribution in [0.25, 0.3) is 16.0 Å². The summed E-state index contributed by atoms with van der Waals surface area (Å²) >= 11 is 1.18. The van der Waals surface area contributed by atoms with Crippen molar-refractivity contribution in [2.75, 3.05) is 6.54 Å². The molecule has 0 aliphatic carbocycles. The third kappa shape index (κ3) is 4.05. The van der Waals surface area contributed by atoms with Gasteiger partial charge in [0.15, 0.2) is 10.7 Å². The summed E-state index contributed by atoms with van der Waals surface area (Å²) in [7, 11) is 0. The number of hydrogen-bond acceptors (Lipinski definition) is 8. The Morgan fingerprint density at radius 2 is 2.00 bits per heavy atom. The second-order valence-electron chi connectivity index (χ2n) is 9.23. The first-order chi connectivity index (χ1) is 18.8. The first-order valence-electron chi connectivity index (χ1n) is 12.2. The zero-order valence-corrected chi connectivity index (χ0v) is 21.5. The number of imidazole rings is 2. The number of benzene rings is 2. The van der Waals surface area contributed by atoms with Gasteiger partial charge < -0.3 is 14.6 Å². The average molecular weight is 543 g/mol. The number of para-hydroxylation sites is 2. The molecule has 1 N–H and O–H groups in total. The van der Waals surface area contributed by atoms with E-state index in [4.69, 9.17) is 0 Å². The second kappa shape index (κ2) is 9.48. The minimum Gasteiger partial charge on any atom is -0.503 e. The lowest BCUT2D eigenvalue weighted by atomic mass is 9.94. The maximum atomic E-state index is 14.1. The van der Waals surface area contributed by atoms with E-state index in [0.29, 0.717) is 34.1 Å². The number of fused-ring (bicyclic) bond motifs is 3. The molecule has 4 heterocycles. The average Bonchev–Trinajstić information content (AvgIpc) is 3.70. The molecule has 0 saturated carbocycles. The third-order valence-electron chi connectivity index (χ3n) is 6.91. The number of hydrogen-bond donors (Lipinski definition) is 1. The highest BCUT2D eigenvalue weighted by Crippen LogP contribution is 2.41. The molecular formula is C27H22N6O5S. The van der Waals surface area contributed by atoms with E-state index in [0.717, 1.165) is 11.0 Å². The van der Waals surface area contributed by atoms with Crippen molar-refractivity contribution in [3.05, 3.63) is 105 Å². The summed E-state index contributed by atoms with van der Waals surface area (Å²) in [5, 5.41) is 22.6. The smallest absolute Gasteiger partial charge is 0.290 e. The number of aliphatic hydroxyl groups excluding tert-OH is 1. The molecule has 1 aliphatic heterocycles. The van der Waals surface area contributed by atoms with Crippen LogP contribution in [0, 0.1) is 17.0 Å². The van der Waals surface area contributed by atoms with Crippen molar-refractivity contribution in [1.29, 1.82) is 0 Å². The Balaban J connectivity index is 1.42.